The highest BCUT2D eigenvalue weighted by Crippen LogP contribution is 2.37. The quantitative estimate of drug-likeness (QED) is 0.260. The van der Waals surface area contributed by atoms with E-state index in [1.165, 1.54) is 11.3 Å². The fraction of sp³-hybridized carbons (Fsp3) is 0.148. The minimum Gasteiger partial charge on any atom is -0.496 e. The van der Waals surface area contributed by atoms with Crippen LogP contribution in [0.25, 0.3) is 38.8 Å². The Balaban J connectivity index is 1.28. The number of imidazole rings is 1. The number of pyridine rings is 2. The summed E-state index contributed by atoms with van der Waals surface area (Å²) in [6.07, 6.45) is 5.68. The first-order valence-corrected chi connectivity index (χ1v) is 12.1. The summed E-state index contributed by atoms with van der Waals surface area (Å²) in [4.78, 5) is 13.8. The molecule has 180 valence electrons. The second-order valence-corrected chi connectivity index (χ2v) is 9.12. The Morgan fingerprint density at radius 1 is 0.944 bits per heavy atom. The number of methoxy groups -OCH3 is 2. The SMILES string of the molecule is COc1ccc(-c2nc(COc3cc(OC)cc4oc(-c5cn6cc(C)ccc6n5)cc34)cs2)nc1. The van der Waals surface area contributed by atoms with E-state index >= 15 is 0 Å². The largest absolute Gasteiger partial charge is 0.496 e. The van der Waals surface area contributed by atoms with Crippen LogP contribution in [0.3, 0.4) is 0 Å². The number of furan rings is 1. The third kappa shape index (κ3) is 4.14. The summed E-state index contributed by atoms with van der Waals surface area (Å²) >= 11 is 1.52. The fourth-order valence-electron chi connectivity index (χ4n) is 3.94. The van der Waals surface area contributed by atoms with Crippen LogP contribution in [0.2, 0.25) is 0 Å². The zero-order valence-electron chi connectivity index (χ0n) is 19.9. The van der Waals surface area contributed by atoms with E-state index in [1.807, 2.05) is 64.6 Å². The first-order valence-electron chi connectivity index (χ1n) is 11.2. The maximum atomic E-state index is 6.20. The van der Waals surface area contributed by atoms with E-state index in [0.29, 0.717) is 35.2 Å². The summed E-state index contributed by atoms with van der Waals surface area (Å²) in [5.41, 5.74) is 5.02. The van der Waals surface area contributed by atoms with Gasteiger partial charge >= 0.3 is 0 Å². The maximum absolute atomic E-state index is 6.20. The maximum Gasteiger partial charge on any atom is 0.155 e. The molecule has 0 spiro atoms. The van der Waals surface area contributed by atoms with Gasteiger partial charge in [0.25, 0.3) is 0 Å². The topological polar surface area (TPSA) is 83.9 Å². The van der Waals surface area contributed by atoms with Gasteiger partial charge in [-0.2, -0.15) is 0 Å². The number of benzene rings is 1. The van der Waals surface area contributed by atoms with E-state index in [2.05, 4.69) is 16.9 Å². The van der Waals surface area contributed by atoms with Gasteiger partial charge in [-0.05, 0) is 36.8 Å². The molecule has 5 aromatic heterocycles. The van der Waals surface area contributed by atoms with Crippen molar-refractivity contribution in [3.05, 3.63) is 77.7 Å². The van der Waals surface area contributed by atoms with Crippen molar-refractivity contribution in [1.29, 1.82) is 0 Å². The summed E-state index contributed by atoms with van der Waals surface area (Å²) in [5, 5.41) is 3.63. The van der Waals surface area contributed by atoms with Gasteiger partial charge in [0.2, 0.25) is 0 Å². The van der Waals surface area contributed by atoms with Crippen LogP contribution in [0.5, 0.6) is 17.2 Å². The summed E-state index contributed by atoms with van der Waals surface area (Å²) in [5.74, 6) is 2.66. The molecule has 0 N–H and O–H groups in total. The van der Waals surface area contributed by atoms with Crippen molar-refractivity contribution in [2.45, 2.75) is 13.5 Å². The molecule has 6 aromatic rings. The first kappa shape index (κ1) is 22.1. The zero-order valence-corrected chi connectivity index (χ0v) is 20.7. The third-order valence-corrected chi connectivity index (χ3v) is 6.69. The Kier molecular flexibility index (Phi) is 5.54. The molecule has 0 bridgehead atoms. The first-order chi connectivity index (χ1) is 17.6. The summed E-state index contributed by atoms with van der Waals surface area (Å²) < 4.78 is 25.0. The molecular weight excluding hydrogens is 476 g/mol. The Labute approximate surface area is 210 Å². The number of fused-ring (bicyclic) bond motifs is 2. The van der Waals surface area contributed by atoms with Gasteiger partial charge in [-0.25, -0.2) is 15.0 Å². The number of thiazole rings is 1. The van der Waals surface area contributed by atoms with Gasteiger partial charge in [-0.15, -0.1) is 11.3 Å². The fourth-order valence-corrected chi connectivity index (χ4v) is 4.72. The standard InChI is InChI=1S/C27H22N4O4S/c1-16-4-7-26-30-22(13-31(26)12-16)25-10-20-23(8-19(33-3)9-24(20)35-25)34-14-17-15-36-27(29-17)21-6-5-18(32-2)11-28-21/h4-13,15H,14H2,1-3H3. The highest BCUT2D eigenvalue weighted by Gasteiger charge is 2.16. The molecule has 0 radical (unpaired) electrons. The monoisotopic (exact) mass is 498 g/mol. The van der Waals surface area contributed by atoms with Gasteiger partial charge in [0.05, 0.1) is 37.2 Å². The summed E-state index contributed by atoms with van der Waals surface area (Å²) in [6.45, 7) is 2.35. The van der Waals surface area contributed by atoms with Crippen LogP contribution in [0, 0.1) is 6.92 Å². The lowest BCUT2D eigenvalue weighted by molar-refractivity contribution is 0.303. The molecule has 0 atom stereocenters. The number of rotatable bonds is 7. The average Bonchev–Trinajstić information content (AvgIpc) is 3.64. The Morgan fingerprint density at radius 2 is 1.83 bits per heavy atom. The second kappa shape index (κ2) is 9.01. The van der Waals surface area contributed by atoms with Gasteiger partial charge in [0.15, 0.2) is 5.76 Å². The lowest BCUT2D eigenvalue weighted by atomic mass is 10.2. The van der Waals surface area contributed by atoms with E-state index in [1.54, 1.807) is 20.4 Å². The Hall–Kier alpha value is -4.37. The van der Waals surface area contributed by atoms with E-state index < -0.39 is 0 Å². The molecule has 8 nitrogen and oxygen atoms in total. The molecule has 0 fully saturated rings. The van der Waals surface area contributed by atoms with E-state index in [4.69, 9.17) is 23.6 Å². The van der Waals surface area contributed by atoms with Crippen LogP contribution in [-0.4, -0.2) is 33.6 Å². The van der Waals surface area contributed by atoms with Crippen LogP contribution in [0.1, 0.15) is 11.3 Å². The zero-order chi connectivity index (χ0) is 24.6. The highest BCUT2D eigenvalue weighted by molar-refractivity contribution is 7.13. The molecule has 6 rings (SSSR count). The summed E-state index contributed by atoms with van der Waals surface area (Å²) in [7, 11) is 3.24. The van der Waals surface area contributed by atoms with Crippen molar-refractivity contribution < 1.29 is 18.6 Å². The molecule has 0 aliphatic rings. The van der Waals surface area contributed by atoms with Gasteiger partial charge in [-0.3, -0.25) is 0 Å². The summed E-state index contributed by atoms with van der Waals surface area (Å²) in [6, 6.07) is 13.4. The number of hydrogen-bond acceptors (Lipinski definition) is 8. The van der Waals surface area contributed by atoms with Crippen LogP contribution >= 0.6 is 11.3 Å². The number of aromatic nitrogens is 4. The van der Waals surface area contributed by atoms with E-state index in [9.17, 15) is 0 Å². The van der Waals surface area contributed by atoms with E-state index in [-0.39, 0.29) is 0 Å². The minimum atomic E-state index is 0.295. The molecule has 0 unspecified atom stereocenters. The van der Waals surface area contributed by atoms with Gasteiger partial charge in [0.1, 0.15) is 45.8 Å². The van der Waals surface area contributed by atoms with Crippen LogP contribution in [0.15, 0.2) is 70.9 Å². The lowest BCUT2D eigenvalue weighted by Gasteiger charge is -2.07. The van der Waals surface area contributed by atoms with Crippen molar-refractivity contribution in [2.75, 3.05) is 14.2 Å². The molecule has 1 aromatic carbocycles. The van der Waals surface area contributed by atoms with Crippen LogP contribution in [-0.2, 0) is 6.61 Å². The third-order valence-electron chi connectivity index (χ3n) is 5.78. The van der Waals surface area contributed by atoms with Gasteiger partial charge in [0, 0.05) is 29.9 Å². The Bertz CT molecular complexity index is 1680. The second-order valence-electron chi connectivity index (χ2n) is 8.26. The van der Waals surface area contributed by atoms with Crippen molar-refractivity contribution >= 4 is 28.0 Å². The number of nitrogens with zero attached hydrogens (tertiary/aromatic N) is 4. The molecule has 0 amide bonds. The Morgan fingerprint density at radius 3 is 2.64 bits per heavy atom. The van der Waals surface area contributed by atoms with Crippen molar-refractivity contribution in [1.82, 2.24) is 19.4 Å². The average molecular weight is 499 g/mol. The molecular formula is C27H22N4O4S. The number of hydrogen-bond donors (Lipinski definition) is 0. The normalized spacial score (nSPS) is 11.3. The van der Waals surface area contributed by atoms with Crippen molar-refractivity contribution in [3.63, 3.8) is 0 Å². The van der Waals surface area contributed by atoms with E-state index in [0.717, 1.165) is 38.7 Å². The molecule has 5 heterocycles. The predicted molar refractivity (Wildman–Crippen MR) is 138 cm³/mol. The van der Waals surface area contributed by atoms with Crippen molar-refractivity contribution in [3.8, 4) is 39.4 Å². The molecule has 9 heteroatoms. The lowest BCUT2D eigenvalue weighted by Crippen LogP contribution is -1.97. The molecule has 0 aliphatic heterocycles. The molecule has 0 saturated carbocycles. The predicted octanol–water partition coefficient (Wildman–Crippen LogP) is 6.17. The molecule has 36 heavy (non-hydrogen) atoms. The van der Waals surface area contributed by atoms with Gasteiger partial charge < -0.3 is 23.0 Å². The van der Waals surface area contributed by atoms with Crippen molar-refractivity contribution in [2.24, 2.45) is 0 Å². The number of ether oxygens (including phenoxy) is 3. The molecule has 0 aliphatic carbocycles. The van der Waals surface area contributed by atoms with Crippen LogP contribution < -0.4 is 14.2 Å². The highest BCUT2D eigenvalue weighted by atomic mass is 32.1. The number of aryl methyl sites for hydroxylation is 1. The smallest absolute Gasteiger partial charge is 0.155 e. The molecule has 0 saturated heterocycles. The van der Waals surface area contributed by atoms with Crippen LogP contribution in [0.4, 0.5) is 0 Å². The van der Waals surface area contributed by atoms with Gasteiger partial charge in [-0.1, -0.05) is 6.07 Å². The minimum absolute atomic E-state index is 0.295.